The fourth-order valence-corrected chi connectivity index (χ4v) is 1.02. The highest BCUT2D eigenvalue weighted by Gasteiger charge is 2.12. The summed E-state index contributed by atoms with van der Waals surface area (Å²) in [5.74, 6) is -2.22. The predicted octanol–water partition coefficient (Wildman–Crippen LogP) is 2.22. The lowest BCUT2D eigenvalue weighted by Gasteiger charge is -2.05. The molecule has 0 atom stereocenters. The minimum atomic E-state index is -1.17. The summed E-state index contributed by atoms with van der Waals surface area (Å²) >= 11 is 0. The van der Waals surface area contributed by atoms with Crippen LogP contribution in [0, 0.1) is 21.7 Å². The Hall–Kier alpha value is -1.98. The lowest BCUT2D eigenvalue weighted by atomic mass is 10.2. The van der Waals surface area contributed by atoms with Gasteiger partial charge in [0.15, 0.2) is 11.6 Å². The first-order chi connectivity index (χ1) is 7.06. The maximum Gasteiger partial charge on any atom is 0.235 e. The van der Waals surface area contributed by atoms with E-state index < -0.39 is 16.6 Å². The van der Waals surface area contributed by atoms with E-state index in [0.29, 0.717) is 6.20 Å². The third-order valence-corrected chi connectivity index (χ3v) is 1.68. The molecule has 0 heterocycles. The Morgan fingerprint density at radius 2 is 2.13 bits per heavy atom. The van der Waals surface area contributed by atoms with Gasteiger partial charge in [-0.05, 0) is 12.1 Å². The molecule has 0 aliphatic carbocycles. The van der Waals surface area contributed by atoms with E-state index in [-0.39, 0.29) is 11.3 Å². The summed E-state index contributed by atoms with van der Waals surface area (Å²) < 4.78 is 30.7. The van der Waals surface area contributed by atoms with Crippen molar-refractivity contribution in [2.75, 3.05) is 7.11 Å². The smallest absolute Gasteiger partial charge is 0.235 e. The number of rotatable bonds is 3. The van der Waals surface area contributed by atoms with Gasteiger partial charge in [-0.2, -0.15) is 0 Å². The van der Waals surface area contributed by atoms with Gasteiger partial charge in [0.2, 0.25) is 6.20 Å². The molecule has 15 heavy (non-hydrogen) atoms. The number of benzene rings is 1. The molecule has 80 valence electrons. The largest absolute Gasteiger partial charge is 0.496 e. The SMILES string of the molecule is COc1ccc(F)c(F)c1/C=C/[N+](=O)[O-]. The molecule has 0 unspecified atom stereocenters. The summed E-state index contributed by atoms with van der Waals surface area (Å²) in [4.78, 5) is 9.26. The third-order valence-electron chi connectivity index (χ3n) is 1.68. The van der Waals surface area contributed by atoms with Crippen LogP contribution in [-0.2, 0) is 0 Å². The van der Waals surface area contributed by atoms with Gasteiger partial charge >= 0.3 is 0 Å². The normalized spacial score (nSPS) is 10.6. The zero-order valence-corrected chi connectivity index (χ0v) is 7.74. The molecule has 0 aromatic heterocycles. The quantitative estimate of drug-likeness (QED) is 0.573. The molecule has 0 amide bonds. The highest BCUT2D eigenvalue weighted by Crippen LogP contribution is 2.24. The Bertz CT molecular complexity index is 418. The Kier molecular flexibility index (Phi) is 3.33. The van der Waals surface area contributed by atoms with Crippen molar-refractivity contribution in [2.45, 2.75) is 0 Å². The average Bonchev–Trinajstić information content (AvgIpc) is 2.20. The van der Waals surface area contributed by atoms with Crippen molar-refractivity contribution < 1.29 is 18.4 Å². The van der Waals surface area contributed by atoms with E-state index in [1.54, 1.807) is 0 Å². The number of nitro groups is 1. The van der Waals surface area contributed by atoms with E-state index in [9.17, 15) is 18.9 Å². The zero-order chi connectivity index (χ0) is 11.4. The summed E-state index contributed by atoms with van der Waals surface area (Å²) in [6, 6.07) is 2.08. The van der Waals surface area contributed by atoms with Gasteiger partial charge in [0, 0.05) is 6.08 Å². The number of hydrogen-bond acceptors (Lipinski definition) is 3. The number of halogens is 2. The first-order valence-electron chi connectivity index (χ1n) is 3.90. The monoisotopic (exact) mass is 215 g/mol. The van der Waals surface area contributed by atoms with Gasteiger partial charge in [-0.25, -0.2) is 8.78 Å². The molecular weight excluding hydrogens is 208 g/mol. The predicted molar refractivity (Wildman–Crippen MR) is 48.9 cm³/mol. The summed E-state index contributed by atoms with van der Waals surface area (Å²) in [6.07, 6.45) is 1.36. The van der Waals surface area contributed by atoms with Crippen LogP contribution in [0.15, 0.2) is 18.3 Å². The summed E-state index contributed by atoms with van der Waals surface area (Å²) in [7, 11) is 1.26. The van der Waals surface area contributed by atoms with Gasteiger partial charge in [0.1, 0.15) is 5.75 Å². The Balaban J connectivity index is 3.23. The van der Waals surface area contributed by atoms with Crippen LogP contribution in [0.5, 0.6) is 5.75 Å². The molecule has 0 spiro atoms. The van der Waals surface area contributed by atoms with Gasteiger partial charge in [0.05, 0.1) is 17.6 Å². The van der Waals surface area contributed by atoms with Crippen LogP contribution in [0.4, 0.5) is 8.78 Å². The minimum absolute atomic E-state index is 0.0343. The molecule has 0 saturated heterocycles. The highest BCUT2D eigenvalue weighted by atomic mass is 19.2. The van der Waals surface area contributed by atoms with Crippen molar-refractivity contribution in [3.8, 4) is 5.75 Å². The molecule has 0 aliphatic heterocycles. The van der Waals surface area contributed by atoms with E-state index in [1.165, 1.54) is 13.2 Å². The van der Waals surface area contributed by atoms with Crippen LogP contribution in [-0.4, -0.2) is 12.0 Å². The van der Waals surface area contributed by atoms with E-state index >= 15 is 0 Å². The molecule has 0 N–H and O–H groups in total. The Morgan fingerprint density at radius 1 is 1.47 bits per heavy atom. The average molecular weight is 215 g/mol. The minimum Gasteiger partial charge on any atom is -0.496 e. The summed E-state index contributed by atoms with van der Waals surface area (Å²) in [6.45, 7) is 0. The second-order valence-corrected chi connectivity index (χ2v) is 2.58. The van der Waals surface area contributed by atoms with Gasteiger partial charge in [-0.15, -0.1) is 0 Å². The van der Waals surface area contributed by atoms with Crippen LogP contribution in [0.3, 0.4) is 0 Å². The van der Waals surface area contributed by atoms with Gasteiger partial charge in [-0.3, -0.25) is 10.1 Å². The maximum absolute atomic E-state index is 13.2. The number of nitrogens with zero attached hydrogens (tertiary/aromatic N) is 1. The molecule has 1 rings (SSSR count). The molecule has 0 radical (unpaired) electrons. The lowest BCUT2D eigenvalue weighted by Crippen LogP contribution is -1.95. The van der Waals surface area contributed by atoms with Crippen molar-refractivity contribution >= 4 is 6.08 Å². The van der Waals surface area contributed by atoms with E-state index in [1.807, 2.05) is 0 Å². The standard InChI is InChI=1S/C9H7F2NO3/c1-15-8-3-2-7(10)9(11)6(8)4-5-12(13)14/h2-5H,1H3/b5-4+. The fourth-order valence-electron chi connectivity index (χ4n) is 1.02. The van der Waals surface area contributed by atoms with Crippen LogP contribution >= 0.6 is 0 Å². The highest BCUT2D eigenvalue weighted by molar-refractivity contribution is 5.57. The maximum atomic E-state index is 13.2. The molecule has 0 fully saturated rings. The lowest BCUT2D eigenvalue weighted by molar-refractivity contribution is -0.401. The fraction of sp³-hybridized carbons (Fsp3) is 0.111. The van der Waals surface area contributed by atoms with Crippen molar-refractivity contribution in [2.24, 2.45) is 0 Å². The van der Waals surface area contributed by atoms with E-state index in [2.05, 4.69) is 0 Å². The number of ether oxygens (including phenoxy) is 1. The van der Waals surface area contributed by atoms with Crippen molar-refractivity contribution in [1.82, 2.24) is 0 Å². The van der Waals surface area contributed by atoms with Crippen LogP contribution < -0.4 is 4.74 Å². The summed E-state index contributed by atoms with van der Waals surface area (Å²) in [5.41, 5.74) is -0.283. The molecule has 1 aromatic carbocycles. The molecular formula is C9H7F2NO3. The number of methoxy groups -OCH3 is 1. The Labute approximate surface area is 83.9 Å². The molecule has 0 aliphatic rings. The van der Waals surface area contributed by atoms with Crippen molar-refractivity contribution in [3.63, 3.8) is 0 Å². The van der Waals surface area contributed by atoms with Gasteiger partial charge in [-0.1, -0.05) is 0 Å². The van der Waals surface area contributed by atoms with Crippen molar-refractivity contribution in [1.29, 1.82) is 0 Å². The first-order valence-corrected chi connectivity index (χ1v) is 3.90. The summed E-state index contributed by atoms with van der Waals surface area (Å²) in [5, 5.41) is 10.0. The molecule has 0 saturated carbocycles. The second-order valence-electron chi connectivity index (χ2n) is 2.58. The molecule has 1 aromatic rings. The van der Waals surface area contributed by atoms with Crippen LogP contribution in [0.2, 0.25) is 0 Å². The molecule has 6 heteroatoms. The van der Waals surface area contributed by atoms with Gasteiger partial charge < -0.3 is 4.74 Å². The first kappa shape index (κ1) is 11.1. The zero-order valence-electron chi connectivity index (χ0n) is 7.74. The van der Waals surface area contributed by atoms with Crippen LogP contribution in [0.1, 0.15) is 5.56 Å². The molecule has 0 bridgehead atoms. The van der Waals surface area contributed by atoms with E-state index in [4.69, 9.17) is 4.74 Å². The van der Waals surface area contributed by atoms with Crippen LogP contribution in [0.25, 0.3) is 6.08 Å². The van der Waals surface area contributed by atoms with Crippen molar-refractivity contribution in [3.05, 3.63) is 45.6 Å². The molecule has 4 nitrogen and oxygen atoms in total. The van der Waals surface area contributed by atoms with E-state index in [0.717, 1.165) is 12.1 Å². The van der Waals surface area contributed by atoms with Gasteiger partial charge in [0.25, 0.3) is 0 Å². The number of hydrogen-bond donors (Lipinski definition) is 0. The second kappa shape index (κ2) is 4.50. The third kappa shape index (κ3) is 2.49. The Morgan fingerprint density at radius 3 is 2.67 bits per heavy atom. The topological polar surface area (TPSA) is 52.4 Å².